The van der Waals surface area contributed by atoms with Gasteiger partial charge >= 0.3 is 5.00 Å². The molecule has 2 aromatic heterocycles. The summed E-state index contributed by atoms with van der Waals surface area (Å²) in [5, 5.41) is 17.0. The number of likely N-dealkylation sites (N-methyl/N-ethyl adjacent to an activating group) is 1. The maximum absolute atomic E-state index is 10.7. The molecule has 21 heavy (non-hydrogen) atoms. The highest BCUT2D eigenvalue weighted by Crippen LogP contribution is 2.30. The summed E-state index contributed by atoms with van der Waals surface area (Å²) in [6, 6.07) is 9.73. The van der Waals surface area contributed by atoms with E-state index in [0.29, 0.717) is 6.42 Å². The Morgan fingerprint density at radius 3 is 2.90 bits per heavy atom. The largest absolute Gasteiger partial charge is 0.324 e. The summed E-state index contributed by atoms with van der Waals surface area (Å²) in [4.78, 5) is 15.0. The van der Waals surface area contributed by atoms with E-state index in [0.717, 1.165) is 20.8 Å². The smallest absolute Gasteiger partial charge is 0.311 e. The standard InChI is InChI=1S/C14H13N3O2S2/c1-15-11(6-9-7-13(17(18)19)20-8-9)14-16-10-4-2-3-5-12(10)21-14/h2-5,7-8,11,15H,6H2,1H3. The van der Waals surface area contributed by atoms with Gasteiger partial charge in [0.2, 0.25) is 0 Å². The third-order valence-electron chi connectivity index (χ3n) is 3.22. The molecule has 0 fully saturated rings. The Morgan fingerprint density at radius 2 is 2.24 bits per heavy atom. The van der Waals surface area contributed by atoms with Crippen LogP contribution in [-0.4, -0.2) is 17.0 Å². The average Bonchev–Trinajstić information content (AvgIpc) is 3.11. The zero-order valence-corrected chi connectivity index (χ0v) is 12.9. The first-order chi connectivity index (χ1) is 10.2. The minimum atomic E-state index is -0.347. The van der Waals surface area contributed by atoms with Crippen molar-refractivity contribution in [2.45, 2.75) is 12.5 Å². The molecule has 0 aliphatic carbocycles. The van der Waals surface area contributed by atoms with Crippen LogP contribution in [-0.2, 0) is 6.42 Å². The molecule has 0 saturated heterocycles. The molecule has 2 heterocycles. The van der Waals surface area contributed by atoms with Crippen molar-refractivity contribution in [2.24, 2.45) is 0 Å². The zero-order valence-electron chi connectivity index (χ0n) is 11.3. The SMILES string of the molecule is CNC(Cc1csc([N+](=O)[O-])c1)c1nc2ccccc2s1. The third-order valence-corrected chi connectivity index (χ3v) is 5.30. The lowest BCUT2D eigenvalue weighted by atomic mass is 10.1. The summed E-state index contributed by atoms with van der Waals surface area (Å²) < 4.78 is 1.16. The topological polar surface area (TPSA) is 68.1 Å². The first-order valence-electron chi connectivity index (χ1n) is 6.42. The predicted octanol–water partition coefficient (Wildman–Crippen LogP) is 3.77. The van der Waals surface area contributed by atoms with E-state index in [2.05, 4.69) is 16.4 Å². The molecule has 108 valence electrons. The van der Waals surface area contributed by atoms with Gasteiger partial charge in [-0.1, -0.05) is 23.5 Å². The number of nitrogens with one attached hydrogen (secondary N) is 1. The number of nitro groups is 1. The first kappa shape index (κ1) is 14.1. The second-order valence-corrected chi connectivity index (χ2v) is 6.57. The fourth-order valence-electron chi connectivity index (χ4n) is 2.15. The Balaban J connectivity index is 1.85. The molecule has 7 heteroatoms. The van der Waals surface area contributed by atoms with Gasteiger partial charge in [-0.05, 0) is 31.2 Å². The molecule has 0 aliphatic rings. The molecule has 1 N–H and O–H groups in total. The lowest BCUT2D eigenvalue weighted by molar-refractivity contribution is -0.380. The molecule has 0 radical (unpaired) electrons. The first-order valence-corrected chi connectivity index (χ1v) is 8.11. The molecule has 0 spiro atoms. The van der Waals surface area contributed by atoms with E-state index >= 15 is 0 Å². The van der Waals surface area contributed by atoms with Crippen molar-refractivity contribution < 1.29 is 4.92 Å². The lowest BCUT2D eigenvalue weighted by Crippen LogP contribution is -2.18. The molecule has 0 bridgehead atoms. The van der Waals surface area contributed by atoms with Crippen LogP contribution in [0, 0.1) is 10.1 Å². The summed E-state index contributed by atoms with van der Waals surface area (Å²) in [6.45, 7) is 0. The van der Waals surface area contributed by atoms with E-state index in [9.17, 15) is 10.1 Å². The van der Waals surface area contributed by atoms with Gasteiger partial charge in [-0.3, -0.25) is 10.1 Å². The van der Waals surface area contributed by atoms with Crippen LogP contribution < -0.4 is 5.32 Å². The predicted molar refractivity (Wildman–Crippen MR) is 86.1 cm³/mol. The van der Waals surface area contributed by atoms with Crippen LogP contribution in [0.2, 0.25) is 0 Å². The van der Waals surface area contributed by atoms with Crippen LogP contribution >= 0.6 is 22.7 Å². The average molecular weight is 319 g/mol. The van der Waals surface area contributed by atoms with E-state index in [-0.39, 0.29) is 16.0 Å². The van der Waals surface area contributed by atoms with Crippen molar-refractivity contribution in [3.63, 3.8) is 0 Å². The number of aromatic nitrogens is 1. The molecule has 3 aromatic rings. The van der Waals surface area contributed by atoms with Crippen molar-refractivity contribution in [2.75, 3.05) is 7.05 Å². The van der Waals surface area contributed by atoms with Crippen molar-refractivity contribution in [1.82, 2.24) is 10.3 Å². The van der Waals surface area contributed by atoms with E-state index < -0.39 is 0 Å². The summed E-state index contributed by atoms with van der Waals surface area (Å²) in [5.74, 6) is 0. The van der Waals surface area contributed by atoms with Gasteiger partial charge < -0.3 is 5.32 Å². The van der Waals surface area contributed by atoms with Crippen molar-refractivity contribution in [3.05, 3.63) is 56.4 Å². The number of hydrogen-bond donors (Lipinski definition) is 1. The lowest BCUT2D eigenvalue weighted by Gasteiger charge is -2.11. The second kappa shape index (κ2) is 5.88. The van der Waals surface area contributed by atoms with E-state index in [4.69, 9.17) is 0 Å². The summed E-state index contributed by atoms with van der Waals surface area (Å²) in [7, 11) is 1.89. The molecule has 3 rings (SSSR count). The highest BCUT2D eigenvalue weighted by atomic mass is 32.1. The van der Waals surface area contributed by atoms with Crippen LogP contribution in [0.15, 0.2) is 35.7 Å². The number of rotatable bonds is 5. The molecule has 0 amide bonds. The number of para-hydroxylation sites is 1. The van der Waals surface area contributed by atoms with Crippen LogP contribution in [0.1, 0.15) is 16.6 Å². The van der Waals surface area contributed by atoms with Gasteiger partial charge in [-0.25, -0.2) is 4.98 Å². The van der Waals surface area contributed by atoms with E-state index in [1.54, 1.807) is 17.4 Å². The van der Waals surface area contributed by atoms with Crippen LogP contribution in [0.25, 0.3) is 10.2 Å². The Bertz CT molecular complexity index is 748. The Labute approximate surface area is 129 Å². The highest BCUT2D eigenvalue weighted by molar-refractivity contribution is 7.18. The van der Waals surface area contributed by atoms with Crippen LogP contribution in [0.4, 0.5) is 5.00 Å². The number of thiophene rings is 1. The summed E-state index contributed by atoms with van der Waals surface area (Å²) in [6.07, 6.45) is 0.695. The Kier molecular flexibility index (Phi) is 3.96. The monoisotopic (exact) mass is 319 g/mol. The fraction of sp³-hybridized carbons (Fsp3) is 0.214. The van der Waals surface area contributed by atoms with E-state index in [1.165, 1.54) is 11.3 Å². The van der Waals surface area contributed by atoms with Gasteiger partial charge in [-0.15, -0.1) is 11.3 Å². The minimum Gasteiger partial charge on any atom is -0.311 e. The maximum atomic E-state index is 10.7. The number of hydrogen-bond acceptors (Lipinski definition) is 6. The third kappa shape index (κ3) is 2.94. The number of benzene rings is 1. The van der Waals surface area contributed by atoms with Gasteiger partial charge in [0, 0.05) is 11.4 Å². The molecule has 1 aromatic carbocycles. The second-order valence-electron chi connectivity index (χ2n) is 4.62. The van der Waals surface area contributed by atoms with Crippen LogP contribution in [0.5, 0.6) is 0 Å². The molecule has 5 nitrogen and oxygen atoms in total. The fourth-order valence-corrected chi connectivity index (χ4v) is 3.97. The Hall–Kier alpha value is -1.83. The molecule has 1 atom stereocenters. The van der Waals surface area contributed by atoms with Gasteiger partial charge in [0.15, 0.2) is 0 Å². The molecule has 0 aliphatic heterocycles. The minimum absolute atomic E-state index is 0.0663. The zero-order chi connectivity index (χ0) is 14.8. The maximum Gasteiger partial charge on any atom is 0.324 e. The normalized spacial score (nSPS) is 12.6. The summed E-state index contributed by atoms with van der Waals surface area (Å²) >= 11 is 2.82. The van der Waals surface area contributed by atoms with Gasteiger partial charge in [0.25, 0.3) is 0 Å². The van der Waals surface area contributed by atoms with Gasteiger partial charge in [0.05, 0.1) is 21.2 Å². The summed E-state index contributed by atoms with van der Waals surface area (Å²) in [5.41, 5.74) is 1.96. The molecular weight excluding hydrogens is 306 g/mol. The highest BCUT2D eigenvalue weighted by Gasteiger charge is 2.18. The van der Waals surface area contributed by atoms with Gasteiger partial charge in [-0.2, -0.15) is 0 Å². The number of fused-ring (bicyclic) bond motifs is 1. The molecular formula is C14H13N3O2S2. The Morgan fingerprint density at radius 1 is 1.43 bits per heavy atom. The molecule has 0 saturated carbocycles. The van der Waals surface area contributed by atoms with E-state index in [1.807, 2.05) is 30.6 Å². The van der Waals surface area contributed by atoms with Crippen LogP contribution in [0.3, 0.4) is 0 Å². The van der Waals surface area contributed by atoms with Crippen molar-refractivity contribution >= 4 is 37.9 Å². The van der Waals surface area contributed by atoms with Gasteiger partial charge in [0.1, 0.15) is 5.01 Å². The molecule has 1 unspecified atom stereocenters. The van der Waals surface area contributed by atoms with Crippen molar-refractivity contribution in [1.29, 1.82) is 0 Å². The quantitative estimate of drug-likeness (QED) is 0.574. The number of thiazole rings is 1. The number of nitrogens with zero attached hydrogens (tertiary/aromatic N) is 2. The van der Waals surface area contributed by atoms with Crippen molar-refractivity contribution in [3.8, 4) is 0 Å².